The van der Waals surface area contributed by atoms with Gasteiger partial charge in [-0.05, 0) is 121 Å². The Balaban J connectivity index is 1.54. The van der Waals surface area contributed by atoms with Gasteiger partial charge in [-0.25, -0.2) is 9.97 Å². The van der Waals surface area contributed by atoms with Crippen molar-refractivity contribution in [1.29, 1.82) is 5.26 Å². The molecule has 7 aromatic rings. The van der Waals surface area contributed by atoms with Crippen LogP contribution in [0.25, 0.3) is 61.1 Å². The van der Waals surface area contributed by atoms with Crippen LogP contribution in [-0.2, 0) is 24.7 Å². The molecule has 0 atom stereocenters. The summed E-state index contributed by atoms with van der Waals surface area (Å²) in [6.45, 7) is 3.45. The van der Waals surface area contributed by atoms with E-state index < -0.39 is 58.1 Å². The highest BCUT2D eigenvalue weighted by Crippen LogP contribution is 2.43. The van der Waals surface area contributed by atoms with Gasteiger partial charge < -0.3 is 4.57 Å². The van der Waals surface area contributed by atoms with Crippen molar-refractivity contribution >= 4 is 21.8 Å². The van der Waals surface area contributed by atoms with Gasteiger partial charge in [-0.2, -0.15) is 57.9 Å². The molecule has 0 bridgehead atoms. The molecule has 5 aromatic carbocycles. The minimum atomic E-state index is -5.15. The molecular weight excluding hydrogens is 776 g/mol. The maximum Gasteiger partial charge on any atom is 0.416 e. The number of aromatic nitrogens is 3. The van der Waals surface area contributed by atoms with Gasteiger partial charge in [-0.1, -0.05) is 12.1 Å². The first kappa shape index (κ1) is 38.9. The van der Waals surface area contributed by atoms with Gasteiger partial charge in [-0.3, -0.25) is 0 Å². The summed E-state index contributed by atoms with van der Waals surface area (Å²) in [7, 11) is 0. The van der Waals surface area contributed by atoms with E-state index >= 15 is 0 Å². The third-order valence-electron chi connectivity index (χ3n) is 9.21. The Morgan fingerprint density at radius 2 is 0.877 bits per heavy atom. The first-order valence-corrected chi connectivity index (χ1v) is 16.6. The second-order valence-electron chi connectivity index (χ2n) is 13.2. The lowest BCUT2D eigenvalue weighted by molar-refractivity contribution is -0.144. The van der Waals surface area contributed by atoms with Gasteiger partial charge in [0.15, 0.2) is 5.82 Å². The molecule has 2 aromatic heterocycles. The minimum absolute atomic E-state index is 0.0215. The lowest BCUT2D eigenvalue weighted by atomic mass is 9.96. The quantitative estimate of drug-likeness (QED) is 0.167. The Kier molecular flexibility index (Phi) is 9.13. The summed E-state index contributed by atoms with van der Waals surface area (Å²) in [5.41, 5.74) is -4.78. The Hall–Kier alpha value is -6.37. The number of nitriles is 1. The molecule has 0 amide bonds. The van der Waals surface area contributed by atoms with Gasteiger partial charge in [0.05, 0.1) is 44.9 Å². The van der Waals surface area contributed by atoms with E-state index in [4.69, 9.17) is 0 Å². The first-order valence-electron chi connectivity index (χ1n) is 16.6. The monoisotopic (exact) mass is 798 g/mol. The minimum Gasteiger partial charge on any atom is -0.309 e. The molecule has 0 N–H and O–H groups in total. The lowest BCUT2D eigenvalue weighted by Gasteiger charge is -2.15. The molecule has 0 aliphatic heterocycles. The zero-order valence-electron chi connectivity index (χ0n) is 29.1. The van der Waals surface area contributed by atoms with Gasteiger partial charge in [-0.15, -0.1) is 0 Å². The smallest absolute Gasteiger partial charge is 0.309 e. The largest absolute Gasteiger partial charge is 0.416 e. The average molecular weight is 799 g/mol. The van der Waals surface area contributed by atoms with E-state index in [1.165, 1.54) is 42.5 Å². The summed E-state index contributed by atoms with van der Waals surface area (Å²) >= 11 is 0. The Bertz CT molecular complexity index is 2560. The molecule has 0 aliphatic rings. The predicted octanol–water partition coefficient (Wildman–Crippen LogP) is 13.1. The van der Waals surface area contributed by atoms with Crippen molar-refractivity contribution in [3.8, 4) is 45.4 Å². The third-order valence-corrected chi connectivity index (χ3v) is 9.21. The zero-order chi connectivity index (χ0) is 41.4. The van der Waals surface area contributed by atoms with Crippen LogP contribution < -0.4 is 0 Å². The van der Waals surface area contributed by atoms with Crippen LogP contribution in [-0.4, -0.2) is 14.5 Å². The van der Waals surface area contributed by atoms with Crippen molar-refractivity contribution in [3.05, 3.63) is 136 Å². The van der Waals surface area contributed by atoms with Crippen LogP contribution >= 0.6 is 0 Å². The molecule has 4 nitrogen and oxygen atoms in total. The van der Waals surface area contributed by atoms with Crippen LogP contribution in [0.2, 0.25) is 0 Å². The lowest BCUT2D eigenvalue weighted by Crippen LogP contribution is -2.11. The highest BCUT2D eigenvalue weighted by atomic mass is 19.4. The summed E-state index contributed by atoms with van der Waals surface area (Å²) < 4.78 is 168. The summed E-state index contributed by atoms with van der Waals surface area (Å²) in [5, 5.41) is 10.3. The van der Waals surface area contributed by atoms with Crippen molar-refractivity contribution in [2.24, 2.45) is 0 Å². The molecular formula is C41H22F12N4. The van der Waals surface area contributed by atoms with Crippen molar-refractivity contribution in [1.82, 2.24) is 14.5 Å². The highest BCUT2D eigenvalue weighted by molar-refractivity contribution is 6.11. The van der Waals surface area contributed by atoms with Crippen LogP contribution in [0.4, 0.5) is 52.7 Å². The molecule has 0 saturated heterocycles. The van der Waals surface area contributed by atoms with Crippen LogP contribution in [0.5, 0.6) is 0 Å². The maximum atomic E-state index is 13.8. The number of nitrogens with zero attached hydrogens (tertiary/aromatic N) is 4. The molecule has 0 aliphatic carbocycles. The van der Waals surface area contributed by atoms with Crippen LogP contribution in [0.3, 0.4) is 0 Å². The van der Waals surface area contributed by atoms with E-state index in [0.29, 0.717) is 57.9 Å². The van der Waals surface area contributed by atoms with E-state index in [2.05, 4.69) is 16.0 Å². The molecule has 0 fully saturated rings. The topological polar surface area (TPSA) is 54.5 Å². The summed E-state index contributed by atoms with van der Waals surface area (Å²) in [6.07, 6.45) is -20.6. The number of alkyl halides is 12. The zero-order valence-corrected chi connectivity index (χ0v) is 29.1. The van der Waals surface area contributed by atoms with Crippen molar-refractivity contribution < 1.29 is 52.7 Å². The van der Waals surface area contributed by atoms with E-state index in [-0.39, 0.29) is 45.4 Å². The van der Waals surface area contributed by atoms with Crippen LogP contribution in [0, 0.1) is 25.2 Å². The first-order chi connectivity index (χ1) is 26.5. The van der Waals surface area contributed by atoms with E-state index in [1.54, 1.807) is 36.6 Å². The standard InChI is InChI=1S/C41H22F12N4/c1-20-9-21(2)56-37(55-20)32-18-31(6-3-24(32)19-54)57-35-7-4-22(25-10-27(38(42,43)44)16-28(11-25)39(45,46)47)14-33(35)34-15-23(5-8-36(34)57)26-12-29(40(48,49)50)17-30(13-26)41(51,52)53/h3-18H,1-2H3. The number of benzene rings is 5. The summed E-state index contributed by atoms with van der Waals surface area (Å²) in [6, 6.07) is 18.5. The van der Waals surface area contributed by atoms with Gasteiger partial charge >= 0.3 is 24.7 Å². The molecule has 290 valence electrons. The average Bonchev–Trinajstić information content (AvgIpc) is 3.45. The van der Waals surface area contributed by atoms with Gasteiger partial charge in [0.1, 0.15) is 0 Å². The van der Waals surface area contributed by atoms with E-state index in [9.17, 15) is 57.9 Å². The maximum absolute atomic E-state index is 13.8. The van der Waals surface area contributed by atoms with Crippen molar-refractivity contribution in [2.45, 2.75) is 38.6 Å². The van der Waals surface area contributed by atoms with E-state index in [1.807, 2.05) is 0 Å². The van der Waals surface area contributed by atoms with Gasteiger partial charge in [0, 0.05) is 33.4 Å². The second kappa shape index (κ2) is 13.4. The fourth-order valence-electron chi connectivity index (χ4n) is 6.70. The predicted molar refractivity (Wildman–Crippen MR) is 187 cm³/mol. The number of hydrogen-bond acceptors (Lipinski definition) is 3. The number of hydrogen-bond donors (Lipinski definition) is 0. The molecule has 0 saturated carbocycles. The van der Waals surface area contributed by atoms with E-state index in [0.717, 1.165) is 0 Å². The fraction of sp³-hybridized carbons (Fsp3) is 0.146. The van der Waals surface area contributed by atoms with Crippen LogP contribution in [0.15, 0.2) is 97.1 Å². The molecule has 7 rings (SSSR count). The molecule has 0 radical (unpaired) electrons. The SMILES string of the molecule is Cc1cc(C)nc(-c2cc(-n3c4ccc(-c5cc(C(F)(F)F)cc(C(F)(F)F)c5)cc4c4cc(-c5cc(C(F)(F)F)cc(C(F)(F)F)c5)ccc43)ccc2C#N)n1. The number of rotatable bonds is 4. The number of halogens is 12. The fourth-order valence-corrected chi connectivity index (χ4v) is 6.70. The second-order valence-corrected chi connectivity index (χ2v) is 13.2. The third kappa shape index (κ3) is 7.49. The number of aryl methyl sites for hydroxylation is 2. The van der Waals surface area contributed by atoms with Crippen LogP contribution in [0.1, 0.15) is 39.2 Å². The molecule has 57 heavy (non-hydrogen) atoms. The molecule has 2 heterocycles. The van der Waals surface area contributed by atoms with Crippen molar-refractivity contribution in [2.75, 3.05) is 0 Å². The Morgan fingerprint density at radius 1 is 0.474 bits per heavy atom. The molecule has 0 spiro atoms. The van der Waals surface area contributed by atoms with Gasteiger partial charge in [0.25, 0.3) is 0 Å². The van der Waals surface area contributed by atoms with Crippen molar-refractivity contribution in [3.63, 3.8) is 0 Å². The molecule has 0 unspecified atom stereocenters. The number of fused-ring (bicyclic) bond motifs is 3. The molecule has 16 heteroatoms. The van der Waals surface area contributed by atoms with Gasteiger partial charge in [0.2, 0.25) is 0 Å². The summed E-state index contributed by atoms with van der Waals surface area (Å²) in [5.74, 6) is 0.200. The Labute approximate surface area is 314 Å². The summed E-state index contributed by atoms with van der Waals surface area (Å²) in [4.78, 5) is 8.91. The highest BCUT2D eigenvalue weighted by Gasteiger charge is 2.38. The Morgan fingerprint density at radius 3 is 1.25 bits per heavy atom. The normalized spacial score (nSPS) is 12.7.